The molecule has 1 fully saturated rings. The summed E-state index contributed by atoms with van der Waals surface area (Å²) in [6.07, 6.45) is 3.06. The maximum absolute atomic E-state index is 12.9. The Morgan fingerprint density at radius 2 is 2.07 bits per heavy atom. The fourth-order valence-electron chi connectivity index (χ4n) is 4.10. The minimum Gasteiger partial charge on any atom is -0.480 e. The van der Waals surface area contributed by atoms with E-state index < -0.39 is 30.6 Å². The maximum atomic E-state index is 12.9. The van der Waals surface area contributed by atoms with Crippen LogP contribution in [-0.2, 0) is 16.0 Å². The van der Waals surface area contributed by atoms with Crippen molar-refractivity contribution < 1.29 is 24.7 Å². The van der Waals surface area contributed by atoms with E-state index in [9.17, 15) is 14.7 Å². The van der Waals surface area contributed by atoms with Crippen LogP contribution in [0.4, 0.5) is 0 Å². The van der Waals surface area contributed by atoms with Crippen LogP contribution in [0.15, 0.2) is 30.5 Å². The highest BCUT2D eigenvalue weighted by Gasteiger charge is 2.51. The second kappa shape index (κ2) is 8.54. The first-order chi connectivity index (χ1) is 13.7. The molecule has 0 unspecified atom stereocenters. The molecule has 3 atom stereocenters. The van der Waals surface area contributed by atoms with Gasteiger partial charge >= 0.3 is 13.1 Å². The normalized spacial score (nSPS) is 22.8. The second-order valence-corrected chi connectivity index (χ2v) is 7.84. The van der Waals surface area contributed by atoms with E-state index in [1.165, 1.54) is 4.90 Å². The van der Waals surface area contributed by atoms with Gasteiger partial charge < -0.3 is 36.5 Å². The molecular weight excluding hydrogens is 375 g/mol. The molecule has 0 spiro atoms. The molecule has 1 amide bonds. The Morgan fingerprint density at radius 1 is 1.34 bits per heavy atom. The van der Waals surface area contributed by atoms with Crippen molar-refractivity contribution in [3.8, 4) is 0 Å². The molecule has 0 aliphatic carbocycles. The third kappa shape index (κ3) is 4.45. The fraction of sp³-hybridized carbons (Fsp3) is 0.474. The van der Waals surface area contributed by atoms with Gasteiger partial charge in [-0.25, -0.2) is 0 Å². The van der Waals surface area contributed by atoms with Crippen LogP contribution in [0, 0.1) is 5.92 Å². The van der Waals surface area contributed by atoms with Crippen LogP contribution in [0.3, 0.4) is 0 Å². The van der Waals surface area contributed by atoms with Crippen molar-refractivity contribution >= 4 is 29.9 Å². The van der Waals surface area contributed by atoms with Gasteiger partial charge in [-0.2, -0.15) is 0 Å². The summed E-state index contributed by atoms with van der Waals surface area (Å²) in [5.41, 5.74) is 12.6. The van der Waals surface area contributed by atoms with Gasteiger partial charge in [0.25, 0.3) is 0 Å². The van der Waals surface area contributed by atoms with E-state index in [0.29, 0.717) is 19.3 Å². The van der Waals surface area contributed by atoms with E-state index >= 15 is 0 Å². The minimum atomic E-state index is -1.57. The van der Waals surface area contributed by atoms with E-state index in [0.717, 1.165) is 16.5 Å². The zero-order valence-corrected chi connectivity index (χ0v) is 16.1. The molecule has 1 aromatic carbocycles. The molecule has 1 saturated heterocycles. The first-order valence-electron chi connectivity index (χ1n) is 9.70. The zero-order chi connectivity index (χ0) is 21.2. The van der Waals surface area contributed by atoms with E-state index in [4.69, 9.17) is 21.5 Å². The monoisotopic (exact) mass is 402 g/mol. The van der Waals surface area contributed by atoms with Crippen molar-refractivity contribution in [3.05, 3.63) is 36.0 Å². The number of H-pyrrole nitrogens is 1. The van der Waals surface area contributed by atoms with Crippen molar-refractivity contribution in [2.45, 2.75) is 37.2 Å². The van der Waals surface area contributed by atoms with Gasteiger partial charge in [-0.3, -0.25) is 9.59 Å². The lowest BCUT2D eigenvalue weighted by Crippen LogP contribution is -2.55. The van der Waals surface area contributed by atoms with Gasteiger partial charge in [-0.05, 0) is 30.8 Å². The average molecular weight is 402 g/mol. The molecule has 10 heteroatoms. The highest BCUT2D eigenvalue weighted by Crippen LogP contribution is 2.31. The fourth-order valence-corrected chi connectivity index (χ4v) is 4.10. The number of carboxylic acids is 1. The number of rotatable bonds is 8. The summed E-state index contributed by atoms with van der Waals surface area (Å²) >= 11 is 0. The lowest BCUT2D eigenvalue weighted by molar-refractivity contribution is -0.144. The minimum absolute atomic E-state index is 0.116. The standard InChI is InChI=1S/C19H27BN4O5/c21-15(8-12-9-23-16-6-2-1-5-14(12)16)17(25)24-10-13(4-3-7-20(28)29)19(22,11-24)18(26)27/h1-2,5-6,9,13,15,23,28-29H,3-4,7-8,10-11,21-22H2,(H,26,27)/t13-,15-,19-/m0/s1. The molecule has 9 nitrogen and oxygen atoms in total. The summed E-state index contributed by atoms with van der Waals surface area (Å²) in [7, 11) is -1.45. The van der Waals surface area contributed by atoms with Crippen LogP contribution in [0.25, 0.3) is 10.9 Å². The van der Waals surface area contributed by atoms with Gasteiger partial charge in [-0.1, -0.05) is 24.6 Å². The number of nitrogens with zero attached hydrogens (tertiary/aromatic N) is 1. The molecule has 1 aromatic heterocycles. The largest absolute Gasteiger partial charge is 0.480 e. The number of para-hydroxylation sites is 1. The Labute approximate surface area is 168 Å². The molecule has 0 radical (unpaired) electrons. The summed E-state index contributed by atoms with van der Waals surface area (Å²) in [5.74, 6) is -1.99. The summed E-state index contributed by atoms with van der Waals surface area (Å²) in [5, 5.41) is 28.6. The van der Waals surface area contributed by atoms with Gasteiger partial charge in [0, 0.05) is 36.1 Å². The molecule has 156 valence electrons. The van der Waals surface area contributed by atoms with Crippen molar-refractivity contribution in [2.24, 2.45) is 17.4 Å². The van der Waals surface area contributed by atoms with Crippen LogP contribution in [-0.4, -0.2) is 68.7 Å². The molecule has 1 aliphatic rings. The molecule has 2 aromatic rings. The highest BCUT2D eigenvalue weighted by atomic mass is 16.4. The Hall–Kier alpha value is -2.40. The van der Waals surface area contributed by atoms with Crippen molar-refractivity contribution in [3.63, 3.8) is 0 Å². The van der Waals surface area contributed by atoms with Crippen LogP contribution < -0.4 is 11.5 Å². The lowest BCUT2D eigenvalue weighted by Gasteiger charge is -2.25. The van der Waals surface area contributed by atoms with Gasteiger partial charge in [0.15, 0.2) is 0 Å². The van der Waals surface area contributed by atoms with Crippen LogP contribution in [0.1, 0.15) is 18.4 Å². The number of carbonyl (C=O) groups excluding carboxylic acids is 1. The average Bonchev–Trinajstić information content (AvgIpc) is 3.23. The van der Waals surface area contributed by atoms with Crippen LogP contribution in [0.2, 0.25) is 6.32 Å². The molecule has 0 bridgehead atoms. The van der Waals surface area contributed by atoms with E-state index in [-0.39, 0.29) is 25.3 Å². The Morgan fingerprint density at radius 3 is 2.76 bits per heavy atom. The smallest absolute Gasteiger partial charge is 0.451 e. The Bertz CT molecular complexity index is 888. The summed E-state index contributed by atoms with van der Waals surface area (Å²) in [6, 6.07) is 6.91. The molecule has 29 heavy (non-hydrogen) atoms. The predicted molar refractivity (Wildman–Crippen MR) is 109 cm³/mol. The number of carbonyl (C=O) groups is 2. The number of hydrogen-bond acceptors (Lipinski definition) is 6. The number of nitrogens with two attached hydrogens (primary N) is 2. The first-order valence-corrected chi connectivity index (χ1v) is 9.70. The van der Waals surface area contributed by atoms with Crippen molar-refractivity contribution in [1.29, 1.82) is 0 Å². The lowest BCUT2D eigenvalue weighted by atomic mass is 9.78. The second-order valence-electron chi connectivity index (χ2n) is 7.84. The first kappa shape index (κ1) is 21.3. The van der Waals surface area contributed by atoms with Crippen molar-refractivity contribution in [1.82, 2.24) is 9.88 Å². The number of fused-ring (bicyclic) bond motifs is 1. The summed E-state index contributed by atoms with van der Waals surface area (Å²) in [4.78, 5) is 29.3. The van der Waals surface area contributed by atoms with E-state index in [1.54, 1.807) is 0 Å². The summed E-state index contributed by atoms with van der Waals surface area (Å²) in [6.45, 7) is 0.0693. The number of hydrogen-bond donors (Lipinski definition) is 6. The molecule has 1 aliphatic heterocycles. The quantitative estimate of drug-likeness (QED) is 0.325. The number of carboxylic acid groups (broad SMARTS) is 1. The number of benzene rings is 1. The number of aliphatic carboxylic acids is 1. The number of amides is 1. The van der Waals surface area contributed by atoms with Crippen molar-refractivity contribution in [2.75, 3.05) is 13.1 Å². The molecule has 8 N–H and O–H groups in total. The topological polar surface area (TPSA) is 166 Å². The summed E-state index contributed by atoms with van der Waals surface area (Å²) < 4.78 is 0. The Kier molecular flexibility index (Phi) is 6.28. The van der Waals surface area contributed by atoms with Gasteiger partial charge in [0.2, 0.25) is 5.91 Å². The highest BCUT2D eigenvalue weighted by molar-refractivity contribution is 6.40. The number of likely N-dealkylation sites (tertiary alicyclic amines) is 1. The van der Waals surface area contributed by atoms with Gasteiger partial charge in [0.05, 0.1) is 6.04 Å². The molecule has 0 saturated carbocycles. The molecule has 2 heterocycles. The number of aromatic amines is 1. The third-order valence-electron chi connectivity index (χ3n) is 5.78. The van der Waals surface area contributed by atoms with Gasteiger partial charge in [0.1, 0.15) is 5.54 Å². The third-order valence-corrected chi connectivity index (χ3v) is 5.78. The SMILES string of the molecule is N[C@@H](Cc1c[nH]c2ccccc12)C(=O)N1C[C@H](CCCB(O)O)[C@](N)(C(=O)O)C1. The zero-order valence-electron chi connectivity index (χ0n) is 16.1. The van der Waals surface area contributed by atoms with E-state index in [1.807, 2.05) is 30.5 Å². The molecular formula is C19H27BN4O5. The van der Waals surface area contributed by atoms with Crippen LogP contribution >= 0.6 is 0 Å². The van der Waals surface area contributed by atoms with Crippen LogP contribution in [0.5, 0.6) is 0 Å². The van der Waals surface area contributed by atoms with E-state index in [2.05, 4.69) is 4.98 Å². The number of aromatic nitrogens is 1. The number of nitrogens with one attached hydrogen (secondary N) is 1. The molecule has 3 rings (SSSR count). The Balaban J connectivity index is 1.68. The predicted octanol–water partition coefficient (Wildman–Crippen LogP) is -0.469. The van der Waals surface area contributed by atoms with Gasteiger partial charge in [-0.15, -0.1) is 0 Å². The maximum Gasteiger partial charge on any atom is 0.451 e.